The normalized spacial score (nSPS) is 12.6. The minimum atomic E-state index is 0.431. The van der Waals surface area contributed by atoms with E-state index in [0.717, 1.165) is 25.7 Å². The lowest BCUT2D eigenvalue weighted by Gasteiger charge is -2.19. The second kappa shape index (κ2) is 13.9. The van der Waals surface area contributed by atoms with Crippen LogP contribution in [0.4, 0.5) is 0 Å². The molecule has 1 aromatic carbocycles. The van der Waals surface area contributed by atoms with Crippen LogP contribution in [0.5, 0.6) is 11.5 Å². The van der Waals surface area contributed by atoms with Gasteiger partial charge in [0.2, 0.25) is 0 Å². The number of unbranched alkanes of at least 4 members (excludes halogenated alkanes) is 2. The molecule has 0 amide bonds. The van der Waals surface area contributed by atoms with Crippen LogP contribution in [0.25, 0.3) is 0 Å². The Hall–Kier alpha value is -2.20. The standard InChI is InChI=1S/C24H36N2O2/c1-5-9-11-19(7-3)17-27-23-13-22(16-26)24(14-21(23)15-25)28-18-20(8-4)12-10-6-2/h13-14,19-20H,5-12,17-18H2,1-4H3/t19-,20+. The molecular formula is C24H36N2O2. The Balaban J connectivity index is 2.87. The summed E-state index contributed by atoms with van der Waals surface area (Å²) in [6.07, 6.45) is 9.03. The van der Waals surface area contributed by atoms with Crippen molar-refractivity contribution in [3.63, 3.8) is 0 Å². The molecule has 0 spiro atoms. The molecule has 0 aliphatic carbocycles. The lowest BCUT2D eigenvalue weighted by atomic mass is 10.0. The lowest BCUT2D eigenvalue weighted by molar-refractivity contribution is 0.227. The van der Waals surface area contributed by atoms with Gasteiger partial charge in [-0.1, -0.05) is 66.2 Å². The average Bonchev–Trinajstić information content (AvgIpc) is 2.73. The van der Waals surface area contributed by atoms with Gasteiger partial charge in [-0.25, -0.2) is 0 Å². The molecule has 0 heterocycles. The summed E-state index contributed by atoms with van der Waals surface area (Å²) in [5, 5.41) is 19.1. The maximum Gasteiger partial charge on any atom is 0.138 e. The smallest absolute Gasteiger partial charge is 0.138 e. The summed E-state index contributed by atoms with van der Waals surface area (Å²) in [6, 6.07) is 7.71. The first-order chi connectivity index (χ1) is 13.6. The van der Waals surface area contributed by atoms with Crippen molar-refractivity contribution in [2.75, 3.05) is 13.2 Å². The predicted molar refractivity (Wildman–Crippen MR) is 113 cm³/mol. The Labute approximate surface area is 171 Å². The highest BCUT2D eigenvalue weighted by Crippen LogP contribution is 2.30. The van der Waals surface area contributed by atoms with E-state index in [-0.39, 0.29) is 0 Å². The van der Waals surface area contributed by atoms with E-state index in [1.54, 1.807) is 12.1 Å². The molecule has 0 N–H and O–H groups in total. The summed E-state index contributed by atoms with van der Waals surface area (Å²) < 4.78 is 11.9. The van der Waals surface area contributed by atoms with E-state index in [1.807, 2.05) is 0 Å². The fourth-order valence-corrected chi connectivity index (χ4v) is 3.19. The minimum Gasteiger partial charge on any atom is -0.492 e. The zero-order chi connectivity index (χ0) is 20.8. The number of nitrogens with zero attached hydrogens (tertiary/aromatic N) is 2. The summed E-state index contributed by atoms with van der Waals surface area (Å²) >= 11 is 0. The Morgan fingerprint density at radius 2 is 1.14 bits per heavy atom. The molecule has 0 saturated heterocycles. The van der Waals surface area contributed by atoms with Crippen molar-refractivity contribution >= 4 is 0 Å². The van der Waals surface area contributed by atoms with Gasteiger partial charge in [-0.2, -0.15) is 10.5 Å². The Bertz CT molecular complexity index is 600. The van der Waals surface area contributed by atoms with Gasteiger partial charge in [0.1, 0.15) is 23.6 Å². The van der Waals surface area contributed by atoms with Gasteiger partial charge in [-0.3, -0.25) is 0 Å². The Morgan fingerprint density at radius 1 is 0.750 bits per heavy atom. The third-order valence-electron chi connectivity index (χ3n) is 5.36. The molecule has 0 aromatic heterocycles. The lowest BCUT2D eigenvalue weighted by Crippen LogP contribution is -2.13. The van der Waals surface area contributed by atoms with Crippen molar-refractivity contribution in [2.24, 2.45) is 11.8 Å². The molecule has 0 unspecified atom stereocenters. The highest BCUT2D eigenvalue weighted by Gasteiger charge is 2.16. The molecule has 0 aliphatic rings. The third-order valence-corrected chi connectivity index (χ3v) is 5.36. The van der Waals surface area contributed by atoms with Gasteiger partial charge >= 0.3 is 0 Å². The predicted octanol–water partition coefficient (Wildman–Crippen LogP) is 6.62. The summed E-state index contributed by atoms with van der Waals surface area (Å²) in [5.74, 6) is 1.91. The van der Waals surface area contributed by atoms with Crippen molar-refractivity contribution < 1.29 is 9.47 Å². The molecule has 1 aromatic rings. The summed E-state index contributed by atoms with van der Waals surface area (Å²) in [7, 11) is 0. The Morgan fingerprint density at radius 3 is 1.43 bits per heavy atom. The largest absolute Gasteiger partial charge is 0.492 e. The van der Waals surface area contributed by atoms with Crippen LogP contribution < -0.4 is 9.47 Å². The topological polar surface area (TPSA) is 66.0 Å². The molecule has 154 valence electrons. The van der Waals surface area contributed by atoms with Crippen LogP contribution in [0.1, 0.15) is 90.2 Å². The highest BCUT2D eigenvalue weighted by molar-refractivity contribution is 5.56. The number of ether oxygens (including phenoxy) is 2. The molecule has 28 heavy (non-hydrogen) atoms. The maximum atomic E-state index is 9.54. The number of rotatable bonds is 14. The zero-order valence-electron chi connectivity index (χ0n) is 18.1. The molecule has 0 saturated carbocycles. The number of nitriles is 2. The van der Waals surface area contributed by atoms with Crippen LogP contribution in [0, 0.1) is 34.5 Å². The van der Waals surface area contributed by atoms with E-state index in [4.69, 9.17) is 9.47 Å². The molecule has 0 bridgehead atoms. The van der Waals surface area contributed by atoms with Gasteiger partial charge in [0.05, 0.1) is 24.3 Å². The Kier molecular flexibility index (Phi) is 11.8. The number of hydrogen-bond acceptors (Lipinski definition) is 4. The molecule has 4 heteroatoms. The fraction of sp³-hybridized carbons (Fsp3) is 0.667. The van der Waals surface area contributed by atoms with Gasteiger partial charge in [0.25, 0.3) is 0 Å². The molecule has 4 nitrogen and oxygen atoms in total. The van der Waals surface area contributed by atoms with Gasteiger partial charge in [0.15, 0.2) is 0 Å². The second-order valence-corrected chi connectivity index (χ2v) is 7.52. The third kappa shape index (κ3) is 7.81. The van der Waals surface area contributed by atoms with Crippen molar-refractivity contribution in [3.05, 3.63) is 23.3 Å². The number of hydrogen-bond donors (Lipinski definition) is 0. The maximum absolute atomic E-state index is 9.54. The fourth-order valence-electron chi connectivity index (χ4n) is 3.19. The van der Waals surface area contributed by atoms with Crippen LogP contribution in [0.2, 0.25) is 0 Å². The van der Waals surface area contributed by atoms with Crippen LogP contribution in [0.3, 0.4) is 0 Å². The van der Waals surface area contributed by atoms with Crippen LogP contribution in [-0.2, 0) is 0 Å². The monoisotopic (exact) mass is 384 g/mol. The molecule has 0 radical (unpaired) electrons. The van der Waals surface area contributed by atoms with E-state index >= 15 is 0 Å². The van der Waals surface area contributed by atoms with Crippen molar-refractivity contribution in [1.82, 2.24) is 0 Å². The molecular weight excluding hydrogens is 348 g/mol. The molecule has 0 aliphatic heterocycles. The van der Waals surface area contributed by atoms with Crippen LogP contribution in [0.15, 0.2) is 12.1 Å². The van der Waals surface area contributed by atoms with Crippen LogP contribution >= 0.6 is 0 Å². The van der Waals surface area contributed by atoms with E-state index in [0.29, 0.717) is 47.7 Å². The van der Waals surface area contributed by atoms with E-state index < -0.39 is 0 Å². The van der Waals surface area contributed by atoms with Crippen molar-refractivity contribution in [1.29, 1.82) is 10.5 Å². The zero-order valence-corrected chi connectivity index (χ0v) is 18.1. The first kappa shape index (κ1) is 23.8. The minimum absolute atomic E-state index is 0.431. The van der Waals surface area contributed by atoms with E-state index in [2.05, 4.69) is 39.8 Å². The summed E-state index contributed by atoms with van der Waals surface area (Å²) in [6.45, 7) is 9.84. The molecule has 1 rings (SSSR count). The SMILES string of the molecule is CCCC[C@@H](CC)COc1cc(C#N)c(OC[C@@H](CC)CCCC)cc1C#N. The average molecular weight is 385 g/mol. The first-order valence-electron chi connectivity index (χ1n) is 10.9. The molecule has 0 fully saturated rings. The quantitative estimate of drug-likeness (QED) is 0.361. The second-order valence-electron chi connectivity index (χ2n) is 7.52. The van der Waals surface area contributed by atoms with Gasteiger partial charge in [-0.05, 0) is 24.7 Å². The van der Waals surface area contributed by atoms with Gasteiger partial charge in [-0.15, -0.1) is 0 Å². The van der Waals surface area contributed by atoms with E-state index in [1.165, 1.54) is 25.7 Å². The first-order valence-corrected chi connectivity index (χ1v) is 10.9. The number of benzene rings is 1. The van der Waals surface area contributed by atoms with Gasteiger partial charge < -0.3 is 9.47 Å². The summed E-state index contributed by atoms with van der Waals surface area (Å²) in [5.41, 5.74) is 0.863. The summed E-state index contributed by atoms with van der Waals surface area (Å²) in [4.78, 5) is 0. The molecule has 2 atom stereocenters. The van der Waals surface area contributed by atoms with Crippen LogP contribution in [-0.4, -0.2) is 13.2 Å². The van der Waals surface area contributed by atoms with E-state index in [9.17, 15) is 10.5 Å². The van der Waals surface area contributed by atoms with Crippen molar-refractivity contribution in [2.45, 2.75) is 79.1 Å². The van der Waals surface area contributed by atoms with Gasteiger partial charge in [0, 0.05) is 12.1 Å². The van der Waals surface area contributed by atoms with Crippen molar-refractivity contribution in [3.8, 4) is 23.6 Å². The highest BCUT2D eigenvalue weighted by atomic mass is 16.5.